The molecule has 1 aliphatic rings. The van der Waals surface area contributed by atoms with Crippen LogP contribution in [0, 0.1) is 0 Å². The third-order valence-corrected chi connectivity index (χ3v) is 5.08. The number of rotatable bonds is 5. The minimum absolute atomic E-state index is 0.146. The van der Waals surface area contributed by atoms with Crippen LogP contribution in [-0.4, -0.2) is 52.4 Å². The number of thioether (sulfide) groups is 1. The molecule has 1 aromatic heterocycles. The number of morpholine rings is 1. The van der Waals surface area contributed by atoms with E-state index in [1.165, 1.54) is 17.3 Å². The first-order valence-electron chi connectivity index (χ1n) is 8.27. The molecule has 1 aromatic carbocycles. The van der Waals surface area contributed by atoms with E-state index in [0.717, 1.165) is 10.8 Å². The highest BCUT2D eigenvalue weighted by Crippen LogP contribution is 2.23. The van der Waals surface area contributed by atoms with Crippen LogP contribution in [-0.2, 0) is 9.53 Å². The van der Waals surface area contributed by atoms with Crippen LogP contribution in [0.2, 0.25) is 0 Å². The molecule has 1 aliphatic heterocycles. The van der Waals surface area contributed by atoms with Gasteiger partial charge in [-0.2, -0.15) is 0 Å². The van der Waals surface area contributed by atoms with Crippen LogP contribution in [0.5, 0.6) is 0 Å². The minimum atomic E-state index is 0.146. The Kier molecular flexibility index (Phi) is 5.58. The summed E-state index contributed by atoms with van der Waals surface area (Å²) in [6, 6.07) is 8.50. The van der Waals surface area contributed by atoms with Gasteiger partial charge in [0.2, 0.25) is 5.91 Å². The van der Waals surface area contributed by atoms with E-state index in [1.807, 2.05) is 15.7 Å². The summed E-state index contributed by atoms with van der Waals surface area (Å²) in [5, 5.41) is 0.842. The quantitative estimate of drug-likeness (QED) is 0.782. The fourth-order valence-corrected chi connectivity index (χ4v) is 3.52. The van der Waals surface area contributed by atoms with E-state index in [1.54, 1.807) is 6.20 Å². The van der Waals surface area contributed by atoms with Gasteiger partial charge < -0.3 is 9.64 Å². The van der Waals surface area contributed by atoms with Crippen LogP contribution in [0.3, 0.4) is 0 Å². The van der Waals surface area contributed by atoms with Crippen molar-refractivity contribution in [2.75, 3.05) is 32.1 Å². The Hall–Kier alpha value is -1.79. The molecule has 0 radical (unpaired) electrons. The predicted octanol–water partition coefficient (Wildman–Crippen LogP) is 2.95. The van der Waals surface area contributed by atoms with E-state index in [0.29, 0.717) is 38.0 Å². The number of amides is 1. The lowest BCUT2D eigenvalue weighted by atomic mass is 10.0. The zero-order valence-electron chi connectivity index (χ0n) is 14.1. The molecule has 0 unspecified atom stereocenters. The molecular weight excluding hydrogens is 322 g/mol. The molecule has 0 saturated carbocycles. The average molecular weight is 345 g/mol. The highest BCUT2D eigenvalue weighted by Gasteiger charge is 2.18. The summed E-state index contributed by atoms with van der Waals surface area (Å²) in [7, 11) is 0. The van der Waals surface area contributed by atoms with Gasteiger partial charge in [0.1, 0.15) is 0 Å². The Labute approximate surface area is 147 Å². The fraction of sp³-hybridized carbons (Fsp3) is 0.444. The number of carbonyl (C=O) groups is 1. The van der Waals surface area contributed by atoms with Crippen molar-refractivity contribution in [2.24, 2.45) is 0 Å². The summed E-state index contributed by atoms with van der Waals surface area (Å²) in [5.74, 6) is 1.07. The smallest absolute Gasteiger partial charge is 0.233 e. The van der Waals surface area contributed by atoms with E-state index in [2.05, 4.69) is 43.1 Å². The fourth-order valence-electron chi connectivity index (χ4n) is 2.64. The Morgan fingerprint density at radius 1 is 1.25 bits per heavy atom. The van der Waals surface area contributed by atoms with Gasteiger partial charge in [-0.3, -0.25) is 9.36 Å². The summed E-state index contributed by atoms with van der Waals surface area (Å²) < 4.78 is 7.32. The monoisotopic (exact) mass is 345 g/mol. The normalized spacial score (nSPS) is 15.0. The summed E-state index contributed by atoms with van der Waals surface area (Å²) in [4.78, 5) is 18.5. The van der Waals surface area contributed by atoms with Gasteiger partial charge in [0, 0.05) is 31.2 Å². The van der Waals surface area contributed by atoms with Crippen LogP contribution < -0.4 is 0 Å². The highest BCUT2D eigenvalue weighted by atomic mass is 32.2. The molecule has 24 heavy (non-hydrogen) atoms. The van der Waals surface area contributed by atoms with Gasteiger partial charge in [-0.15, -0.1) is 0 Å². The Morgan fingerprint density at radius 2 is 1.96 bits per heavy atom. The largest absolute Gasteiger partial charge is 0.378 e. The highest BCUT2D eigenvalue weighted by molar-refractivity contribution is 7.99. The maximum Gasteiger partial charge on any atom is 0.233 e. The molecule has 6 heteroatoms. The van der Waals surface area contributed by atoms with E-state index in [-0.39, 0.29) is 5.91 Å². The second-order valence-corrected chi connectivity index (χ2v) is 7.05. The standard InChI is InChI=1S/C18H23N3O2S/c1-14(2)15-3-5-16(6-4-15)21-8-7-19-18(21)24-13-17(22)20-9-11-23-12-10-20/h3-8,14H,9-13H2,1-2H3. The molecule has 2 heterocycles. The lowest BCUT2D eigenvalue weighted by Gasteiger charge is -2.26. The Morgan fingerprint density at radius 3 is 2.62 bits per heavy atom. The first-order chi connectivity index (χ1) is 11.6. The maximum absolute atomic E-state index is 12.3. The van der Waals surface area contributed by atoms with E-state index < -0.39 is 0 Å². The maximum atomic E-state index is 12.3. The van der Waals surface area contributed by atoms with E-state index in [4.69, 9.17) is 4.74 Å². The number of hydrogen-bond acceptors (Lipinski definition) is 4. The van der Waals surface area contributed by atoms with E-state index >= 15 is 0 Å². The molecule has 0 aliphatic carbocycles. The summed E-state index contributed by atoms with van der Waals surface area (Å²) >= 11 is 1.48. The van der Waals surface area contributed by atoms with Gasteiger partial charge in [0.05, 0.1) is 19.0 Å². The molecule has 1 amide bonds. The molecule has 1 fully saturated rings. The molecule has 1 saturated heterocycles. The van der Waals surface area contributed by atoms with Crippen LogP contribution in [0.4, 0.5) is 0 Å². The second-order valence-electron chi connectivity index (χ2n) is 6.11. The van der Waals surface area contributed by atoms with Crippen molar-refractivity contribution in [3.05, 3.63) is 42.2 Å². The summed E-state index contributed by atoms with van der Waals surface area (Å²) in [5.41, 5.74) is 2.38. The number of hydrogen-bond donors (Lipinski definition) is 0. The first kappa shape index (κ1) is 17.0. The molecule has 128 valence electrons. The van der Waals surface area contributed by atoms with Crippen molar-refractivity contribution < 1.29 is 9.53 Å². The Bertz CT molecular complexity index is 676. The van der Waals surface area contributed by atoms with Crippen molar-refractivity contribution in [1.29, 1.82) is 0 Å². The number of benzene rings is 1. The molecule has 0 atom stereocenters. The Balaban J connectivity index is 1.65. The molecule has 0 bridgehead atoms. The molecule has 2 aromatic rings. The van der Waals surface area contributed by atoms with Gasteiger partial charge >= 0.3 is 0 Å². The number of imidazole rings is 1. The lowest BCUT2D eigenvalue weighted by Crippen LogP contribution is -2.41. The molecule has 0 N–H and O–H groups in total. The van der Waals surface area contributed by atoms with Crippen LogP contribution >= 0.6 is 11.8 Å². The number of carbonyl (C=O) groups excluding carboxylic acids is 1. The summed E-state index contributed by atoms with van der Waals surface area (Å²) in [6.45, 7) is 7.00. The van der Waals surface area contributed by atoms with Crippen LogP contribution in [0.15, 0.2) is 41.8 Å². The zero-order chi connectivity index (χ0) is 16.9. The van der Waals surface area contributed by atoms with Crippen molar-refractivity contribution >= 4 is 17.7 Å². The van der Waals surface area contributed by atoms with Crippen molar-refractivity contribution in [1.82, 2.24) is 14.5 Å². The topological polar surface area (TPSA) is 47.4 Å². The third-order valence-electron chi connectivity index (χ3n) is 4.13. The molecule has 0 spiro atoms. The second kappa shape index (κ2) is 7.85. The van der Waals surface area contributed by atoms with Gasteiger partial charge in [0.15, 0.2) is 5.16 Å². The predicted molar refractivity (Wildman–Crippen MR) is 95.8 cm³/mol. The van der Waals surface area contributed by atoms with Crippen LogP contribution in [0.25, 0.3) is 5.69 Å². The van der Waals surface area contributed by atoms with Crippen molar-refractivity contribution in [3.8, 4) is 5.69 Å². The van der Waals surface area contributed by atoms with Crippen molar-refractivity contribution in [3.63, 3.8) is 0 Å². The van der Waals surface area contributed by atoms with Crippen molar-refractivity contribution in [2.45, 2.75) is 24.9 Å². The first-order valence-corrected chi connectivity index (χ1v) is 9.25. The van der Waals surface area contributed by atoms with Gasteiger partial charge in [-0.05, 0) is 23.6 Å². The van der Waals surface area contributed by atoms with Crippen LogP contribution in [0.1, 0.15) is 25.3 Å². The zero-order valence-corrected chi connectivity index (χ0v) is 15.0. The lowest BCUT2D eigenvalue weighted by molar-refractivity contribution is -0.132. The van der Waals surface area contributed by atoms with Gasteiger partial charge in [0.25, 0.3) is 0 Å². The summed E-state index contributed by atoms with van der Waals surface area (Å²) in [6.07, 6.45) is 3.71. The molecular formula is C18H23N3O2S. The number of nitrogens with zero attached hydrogens (tertiary/aromatic N) is 3. The van der Waals surface area contributed by atoms with E-state index in [9.17, 15) is 4.79 Å². The third kappa shape index (κ3) is 3.99. The number of aromatic nitrogens is 2. The van der Waals surface area contributed by atoms with Gasteiger partial charge in [-0.1, -0.05) is 37.7 Å². The SMILES string of the molecule is CC(C)c1ccc(-n2ccnc2SCC(=O)N2CCOCC2)cc1. The minimum Gasteiger partial charge on any atom is -0.378 e. The molecule has 3 rings (SSSR count). The molecule has 5 nitrogen and oxygen atoms in total. The number of ether oxygens (including phenoxy) is 1. The average Bonchev–Trinajstić information content (AvgIpc) is 3.09. The van der Waals surface area contributed by atoms with Gasteiger partial charge in [-0.25, -0.2) is 4.98 Å².